The number of ketones is 1. The number of ether oxygens (including phenoxy) is 3. The van der Waals surface area contributed by atoms with Crippen LogP contribution >= 0.6 is 0 Å². The summed E-state index contributed by atoms with van der Waals surface area (Å²) in [6, 6.07) is 14.9. The van der Waals surface area contributed by atoms with Crippen LogP contribution in [0.25, 0.3) is 6.08 Å². The van der Waals surface area contributed by atoms with E-state index in [1.165, 1.54) is 12.2 Å². The number of rotatable bonds is 10. The number of hydrogen-bond acceptors (Lipinski definition) is 5. The van der Waals surface area contributed by atoms with Crippen molar-refractivity contribution < 1.29 is 24.1 Å². The third-order valence-electron chi connectivity index (χ3n) is 3.80. The zero-order valence-corrected chi connectivity index (χ0v) is 15.6. The number of hydrogen-bond donors (Lipinski definition) is 1. The van der Waals surface area contributed by atoms with E-state index in [1.807, 2.05) is 36.4 Å². The van der Waals surface area contributed by atoms with Crippen LogP contribution in [0, 0.1) is 0 Å². The van der Waals surface area contributed by atoms with Gasteiger partial charge in [-0.25, -0.2) is 0 Å². The number of benzene rings is 2. The maximum absolute atomic E-state index is 12.0. The first-order chi connectivity index (χ1) is 13.1. The molecule has 0 radical (unpaired) electrons. The topological polar surface area (TPSA) is 65.0 Å². The molecule has 5 heteroatoms. The van der Waals surface area contributed by atoms with E-state index in [1.54, 1.807) is 32.4 Å². The summed E-state index contributed by atoms with van der Waals surface area (Å²) in [7, 11) is 3.17. The molecule has 0 saturated carbocycles. The Balaban J connectivity index is 1.84. The first-order valence-electron chi connectivity index (χ1n) is 8.57. The summed E-state index contributed by atoms with van der Waals surface area (Å²) in [4.78, 5) is 12.0. The van der Waals surface area contributed by atoms with E-state index in [4.69, 9.17) is 14.2 Å². The Morgan fingerprint density at radius 2 is 1.67 bits per heavy atom. The van der Waals surface area contributed by atoms with Gasteiger partial charge in [0.05, 0.1) is 7.11 Å². The molecule has 0 saturated heterocycles. The highest BCUT2D eigenvalue weighted by Gasteiger charge is 2.02. The molecule has 0 spiro atoms. The molecule has 2 aromatic carbocycles. The Morgan fingerprint density at radius 3 is 2.30 bits per heavy atom. The lowest BCUT2D eigenvalue weighted by Crippen LogP contribution is -1.98. The third kappa shape index (κ3) is 7.38. The monoisotopic (exact) mass is 368 g/mol. The second-order valence-corrected chi connectivity index (χ2v) is 5.84. The molecule has 2 rings (SSSR count). The van der Waals surface area contributed by atoms with Crippen LogP contribution in [0.5, 0.6) is 11.5 Å². The summed E-state index contributed by atoms with van der Waals surface area (Å²) >= 11 is 0. The molecule has 0 unspecified atom stereocenters. The van der Waals surface area contributed by atoms with Crippen molar-refractivity contribution in [2.75, 3.05) is 21.0 Å². The molecule has 1 N–H and O–H groups in total. The molecule has 0 aromatic heterocycles. The van der Waals surface area contributed by atoms with Gasteiger partial charge in [0.2, 0.25) is 0 Å². The van der Waals surface area contributed by atoms with Crippen LogP contribution in [0.15, 0.2) is 66.4 Å². The van der Waals surface area contributed by atoms with Crippen molar-refractivity contribution in [3.8, 4) is 11.5 Å². The zero-order valence-electron chi connectivity index (χ0n) is 15.6. The normalized spacial score (nSPS) is 11.6. The molecule has 0 heterocycles. The fraction of sp³-hybridized carbons (Fsp3) is 0.227. The van der Waals surface area contributed by atoms with Gasteiger partial charge >= 0.3 is 0 Å². The van der Waals surface area contributed by atoms with Gasteiger partial charge < -0.3 is 19.3 Å². The summed E-state index contributed by atoms with van der Waals surface area (Å²) in [5.41, 5.74) is 1.92. The lowest BCUT2D eigenvalue weighted by Gasteiger charge is -2.04. The largest absolute Gasteiger partial charge is 0.508 e. The number of methoxy groups -OCH3 is 2. The van der Waals surface area contributed by atoms with Gasteiger partial charge in [0.1, 0.15) is 17.3 Å². The summed E-state index contributed by atoms with van der Waals surface area (Å²) in [6.07, 6.45) is 5.41. The smallest absolute Gasteiger partial charge is 0.188 e. The quantitative estimate of drug-likeness (QED) is 0.293. The maximum Gasteiger partial charge on any atom is 0.188 e. The number of carbonyl (C=O) groups is 1. The summed E-state index contributed by atoms with van der Waals surface area (Å²) in [6.45, 7) is 0.192. The van der Waals surface area contributed by atoms with Gasteiger partial charge in [-0.15, -0.1) is 0 Å². The highest BCUT2D eigenvalue weighted by atomic mass is 16.7. The van der Waals surface area contributed by atoms with Gasteiger partial charge in [-0.1, -0.05) is 30.3 Å². The van der Waals surface area contributed by atoms with Crippen molar-refractivity contribution >= 4 is 11.9 Å². The molecule has 27 heavy (non-hydrogen) atoms. The summed E-state index contributed by atoms with van der Waals surface area (Å²) < 4.78 is 15.2. The fourth-order valence-corrected chi connectivity index (χ4v) is 2.33. The van der Waals surface area contributed by atoms with E-state index < -0.39 is 0 Å². The average Bonchev–Trinajstić information content (AvgIpc) is 2.70. The first-order valence-corrected chi connectivity index (χ1v) is 8.57. The predicted molar refractivity (Wildman–Crippen MR) is 105 cm³/mol. The van der Waals surface area contributed by atoms with Crippen LogP contribution in [0.1, 0.15) is 17.5 Å². The van der Waals surface area contributed by atoms with E-state index in [9.17, 15) is 9.90 Å². The number of allylic oxidation sites excluding steroid dienone is 2. The average molecular weight is 368 g/mol. The Hall–Kier alpha value is -3.05. The maximum atomic E-state index is 12.0. The minimum absolute atomic E-state index is 0.0746. The predicted octanol–water partition coefficient (Wildman–Crippen LogP) is 4.33. The molecule has 0 amide bonds. The second-order valence-electron chi connectivity index (χ2n) is 5.84. The third-order valence-corrected chi connectivity index (χ3v) is 3.80. The molecule has 0 aliphatic carbocycles. The first kappa shape index (κ1) is 20.3. The number of aliphatic hydroxyl groups is 1. The van der Waals surface area contributed by atoms with Crippen LogP contribution in [0.3, 0.4) is 0 Å². The van der Waals surface area contributed by atoms with Crippen LogP contribution in [-0.2, 0) is 16.0 Å². The van der Waals surface area contributed by atoms with Gasteiger partial charge in [0, 0.05) is 19.6 Å². The van der Waals surface area contributed by atoms with E-state index in [0.717, 1.165) is 16.9 Å². The van der Waals surface area contributed by atoms with Crippen molar-refractivity contribution in [3.05, 3.63) is 77.6 Å². The molecule has 0 aliphatic heterocycles. The van der Waals surface area contributed by atoms with Crippen molar-refractivity contribution in [2.45, 2.75) is 12.8 Å². The minimum Gasteiger partial charge on any atom is -0.508 e. The zero-order chi connectivity index (χ0) is 19.5. The molecule has 0 aliphatic rings. The van der Waals surface area contributed by atoms with Crippen molar-refractivity contribution in [3.63, 3.8) is 0 Å². The molecular weight excluding hydrogens is 344 g/mol. The van der Waals surface area contributed by atoms with Crippen molar-refractivity contribution in [2.24, 2.45) is 0 Å². The molecule has 0 fully saturated rings. The van der Waals surface area contributed by atoms with Crippen LogP contribution in [0.4, 0.5) is 0 Å². The Bertz CT molecular complexity index is 773. The van der Waals surface area contributed by atoms with E-state index in [0.29, 0.717) is 18.6 Å². The van der Waals surface area contributed by atoms with Crippen molar-refractivity contribution in [1.29, 1.82) is 0 Å². The van der Waals surface area contributed by atoms with Crippen LogP contribution < -0.4 is 9.47 Å². The second kappa shape index (κ2) is 10.8. The van der Waals surface area contributed by atoms with Gasteiger partial charge in [0.15, 0.2) is 12.6 Å². The van der Waals surface area contributed by atoms with Gasteiger partial charge in [-0.3, -0.25) is 4.79 Å². The Morgan fingerprint density at radius 1 is 1.00 bits per heavy atom. The van der Waals surface area contributed by atoms with Crippen molar-refractivity contribution in [1.82, 2.24) is 0 Å². The molecule has 142 valence electrons. The van der Waals surface area contributed by atoms with Crippen LogP contribution in [0.2, 0.25) is 0 Å². The molecule has 0 bridgehead atoms. The van der Waals surface area contributed by atoms with Gasteiger partial charge in [-0.2, -0.15) is 0 Å². The number of aryl methyl sites for hydroxylation is 1. The minimum atomic E-state index is -0.128. The molecular formula is C22H24O5. The Labute approximate surface area is 159 Å². The SMILES string of the molecule is COCOc1ccc(C=CC(O)=CC(=O)CCc2ccc(OC)cc2)cc1. The van der Waals surface area contributed by atoms with Gasteiger partial charge in [0.25, 0.3) is 0 Å². The fourth-order valence-electron chi connectivity index (χ4n) is 2.33. The number of carbonyl (C=O) groups excluding carboxylic acids is 1. The number of aliphatic hydroxyl groups excluding tert-OH is 1. The van der Waals surface area contributed by atoms with E-state index >= 15 is 0 Å². The molecule has 2 aromatic rings. The summed E-state index contributed by atoms with van der Waals surface area (Å²) in [5, 5.41) is 9.91. The molecule has 5 nitrogen and oxygen atoms in total. The van der Waals surface area contributed by atoms with Gasteiger partial charge in [-0.05, 0) is 47.9 Å². The lowest BCUT2D eigenvalue weighted by molar-refractivity contribution is -0.114. The van der Waals surface area contributed by atoms with E-state index in [2.05, 4.69) is 0 Å². The lowest BCUT2D eigenvalue weighted by atomic mass is 10.1. The van der Waals surface area contributed by atoms with E-state index in [-0.39, 0.29) is 18.3 Å². The summed E-state index contributed by atoms with van der Waals surface area (Å²) in [5.74, 6) is 1.28. The van der Waals surface area contributed by atoms with Crippen LogP contribution in [-0.4, -0.2) is 31.9 Å². The molecule has 0 atom stereocenters. The highest BCUT2D eigenvalue weighted by Crippen LogP contribution is 2.14. The Kier molecular flexibility index (Phi) is 8.13. The standard InChI is InChI=1S/C22H24O5/c1-25-16-27-22-13-7-18(8-14-22)4-10-20(24)15-19(23)9-3-17-5-11-21(26-2)12-6-17/h4-8,10-15,24H,3,9,16H2,1-2H3. The highest BCUT2D eigenvalue weighted by molar-refractivity contribution is 5.90.